The Balaban J connectivity index is 3.04. The van der Waals surface area contributed by atoms with Crippen molar-refractivity contribution >= 4 is 28.4 Å². The summed E-state index contributed by atoms with van der Waals surface area (Å²) in [6.07, 6.45) is -0.936. The molecule has 34 heavy (non-hydrogen) atoms. The average Bonchev–Trinajstić information content (AvgIpc) is 2.91. The Morgan fingerprint density at radius 2 is 1.44 bits per heavy atom. The van der Waals surface area contributed by atoms with Crippen molar-refractivity contribution < 1.29 is 27.9 Å². The van der Waals surface area contributed by atoms with Crippen molar-refractivity contribution in [3.8, 4) is 0 Å². The minimum absolute atomic E-state index is 0.00392. The fourth-order valence-electron chi connectivity index (χ4n) is 3.13. The molecular weight excluding hydrogens is 464 g/mol. The second kappa shape index (κ2) is 10.8. The third-order valence-corrected chi connectivity index (χ3v) is 16.9. The second-order valence-electron chi connectivity index (χ2n) is 13.9. The van der Waals surface area contributed by atoms with Crippen molar-refractivity contribution in [1.29, 1.82) is 0 Å². The molecule has 0 radical (unpaired) electrons. The monoisotopic (exact) mass is 516 g/mol. The molecular formula is C26H52O6Si2. The Kier molecular flexibility index (Phi) is 10.0. The number of hydrogen-bond acceptors (Lipinski definition) is 6. The molecule has 0 aromatic carbocycles. The van der Waals surface area contributed by atoms with E-state index in [1.54, 1.807) is 0 Å². The van der Waals surface area contributed by atoms with Gasteiger partial charge in [0.15, 0.2) is 22.4 Å². The molecule has 1 saturated heterocycles. The third kappa shape index (κ3) is 7.98. The molecule has 0 bridgehead atoms. The molecule has 0 amide bonds. The molecule has 0 aromatic rings. The second-order valence-corrected chi connectivity index (χ2v) is 23.5. The number of carbonyl (C=O) groups excluding carboxylic acids is 2. The quantitative estimate of drug-likeness (QED) is 0.263. The van der Waals surface area contributed by atoms with E-state index in [1.165, 1.54) is 0 Å². The van der Waals surface area contributed by atoms with Gasteiger partial charge < -0.3 is 18.3 Å². The fraction of sp³-hybridized carbons (Fsp3) is 0.923. The first-order valence-electron chi connectivity index (χ1n) is 12.7. The summed E-state index contributed by atoms with van der Waals surface area (Å²) in [6, 6.07) is 0. The molecule has 0 aromatic heterocycles. The number of ether oxygens (including phenoxy) is 2. The first-order chi connectivity index (χ1) is 15.0. The topological polar surface area (TPSA) is 71.1 Å². The third-order valence-electron chi connectivity index (χ3n) is 7.86. The van der Waals surface area contributed by atoms with Gasteiger partial charge in [0.05, 0.1) is 24.7 Å². The molecule has 0 spiro atoms. The normalized spacial score (nSPS) is 23.8. The van der Waals surface area contributed by atoms with Crippen molar-refractivity contribution in [2.45, 2.75) is 130 Å². The van der Waals surface area contributed by atoms with Gasteiger partial charge in [0.25, 0.3) is 0 Å². The highest BCUT2D eigenvalue weighted by molar-refractivity contribution is 6.74. The van der Waals surface area contributed by atoms with Gasteiger partial charge in [0.2, 0.25) is 0 Å². The number of rotatable bonds is 9. The first-order valence-corrected chi connectivity index (χ1v) is 18.5. The smallest absolute Gasteiger partial charge is 0.311 e. The standard InChI is InChI=1S/C26H52O6Si2/c1-18-19(15-16-29-23(28)24(2,3)4)31-22(21(18)27)20(32-34(13,14)26(8,9)10)17-30-33(11,12)25(5,6)7/h18-20,22H,15-17H2,1-14H3/t18-,19-,20+,22-/m0/s1. The van der Waals surface area contributed by atoms with Crippen LogP contribution in [0.3, 0.4) is 0 Å². The number of ketones is 1. The Morgan fingerprint density at radius 3 is 1.88 bits per heavy atom. The summed E-state index contributed by atoms with van der Waals surface area (Å²) in [4.78, 5) is 25.4. The predicted molar refractivity (Wildman–Crippen MR) is 143 cm³/mol. The Bertz CT molecular complexity index is 712. The summed E-state index contributed by atoms with van der Waals surface area (Å²) in [5, 5.41) is 0.0534. The van der Waals surface area contributed by atoms with Crippen LogP contribution >= 0.6 is 0 Å². The summed E-state index contributed by atoms with van der Waals surface area (Å²) in [5.74, 6) is -0.477. The average molecular weight is 517 g/mol. The van der Waals surface area contributed by atoms with E-state index in [0.29, 0.717) is 13.0 Å². The molecule has 0 N–H and O–H groups in total. The maximum absolute atomic E-state index is 13.3. The molecule has 1 aliphatic rings. The van der Waals surface area contributed by atoms with E-state index in [0.717, 1.165) is 0 Å². The summed E-state index contributed by atoms with van der Waals surface area (Å²) in [7, 11) is -4.22. The summed E-state index contributed by atoms with van der Waals surface area (Å²) < 4.78 is 25.0. The molecule has 0 saturated carbocycles. The highest BCUT2D eigenvalue weighted by Gasteiger charge is 2.49. The van der Waals surface area contributed by atoms with Crippen molar-refractivity contribution in [3.05, 3.63) is 0 Å². The highest BCUT2D eigenvalue weighted by atomic mass is 28.4. The van der Waals surface area contributed by atoms with Crippen LogP contribution in [-0.2, 0) is 27.9 Å². The van der Waals surface area contributed by atoms with Gasteiger partial charge in [-0.3, -0.25) is 9.59 Å². The molecule has 1 heterocycles. The zero-order valence-corrected chi connectivity index (χ0v) is 26.4. The van der Waals surface area contributed by atoms with Gasteiger partial charge in [-0.05, 0) is 57.0 Å². The van der Waals surface area contributed by atoms with E-state index < -0.39 is 34.3 Å². The van der Waals surface area contributed by atoms with Crippen molar-refractivity contribution in [2.75, 3.05) is 13.2 Å². The number of carbonyl (C=O) groups is 2. The lowest BCUT2D eigenvalue weighted by Crippen LogP contribution is -2.52. The van der Waals surface area contributed by atoms with Crippen LogP contribution in [0.1, 0.15) is 75.7 Å². The van der Waals surface area contributed by atoms with Crippen LogP contribution in [-0.4, -0.2) is 59.9 Å². The van der Waals surface area contributed by atoms with Gasteiger partial charge in [-0.15, -0.1) is 0 Å². The summed E-state index contributed by atoms with van der Waals surface area (Å²) in [5.41, 5.74) is -0.552. The lowest BCUT2D eigenvalue weighted by atomic mass is 9.96. The van der Waals surface area contributed by atoms with E-state index in [1.807, 2.05) is 27.7 Å². The predicted octanol–water partition coefficient (Wildman–Crippen LogP) is 6.35. The molecule has 200 valence electrons. The van der Waals surface area contributed by atoms with Crippen LogP contribution in [0.4, 0.5) is 0 Å². The molecule has 8 heteroatoms. The molecule has 1 rings (SSSR count). The van der Waals surface area contributed by atoms with E-state index in [-0.39, 0.29) is 40.5 Å². The van der Waals surface area contributed by atoms with E-state index >= 15 is 0 Å². The minimum Gasteiger partial charge on any atom is -0.465 e. The Morgan fingerprint density at radius 1 is 0.941 bits per heavy atom. The highest BCUT2D eigenvalue weighted by Crippen LogP contribution is 2.41. The lowest BCUT2D eigenvalue weighted by molar-refractivity contribution is -0.154. The van der Waals surface area contributed by atoms with Gasteiger partial charge in [0.1, 0.15) is 12.2 Å². The van der Waals surface area contributed by atoms with E-state index in [9.17, 15) is 9.59 Å². The Hall–Kier alpha value is -0.546. The van der Waals surface area contributed by atoms with Gasteiger partial charge >= 0.3 is 5.97 Å². The molecule has 0 aliphatic carbocycles. The van der Waals surface area contributed by atoms with Crippen LogP contribution < -0.4 is 0 Å². The van der Waals surface area contributed by atoms with Crippen LogP contribution in [0.15, 0.2) is 0 Å². The number of hydrogen-bond donors (Lipinski definition) is 0. The lowest BCUT2D eigenvalue weighted by Gasteiger charge is -2.42. The van der Waals surface area contributed by atoms with E-state index in [2.05, 4.69) is 67.7 Å². The summed E-state index contributed by atoms with van der Waals surface area (Å²) in [6.45, 7) is 30.0. The van der Waals surface area contributed by atoms with E-state index in [4.69, 9.17) is 18.3 Å². The van der Waals surface area contributed by atoms with Crippen molar-refractivity contribution in [3.63, 3.8) is 0 Å². The molecule has 0 unspecified atom stereocenters. The first kappa shape index (κ1) is 31.5. The van der Waals surface area contributed by atoms with Crippen molar-refractivity contribution in [1.82, 2.24) is 0 Å². The maximum atomic E-state index is 13.3. The Labute approximate surface area is 211 Å². The van der Waals surface area contributed by atoms with Crippen molar-refractivity contribution in [2.24, 2.45) is 11.3 Å². The largest absolute Gasteiger partial charge is 0.465 e. The van der Waals surface area contributed by atoms with Crippen LogP contribution in [0, 0.1) is 11.3 Å². The minimum atomic E-state index is -2.18. The molecule has 6 nitrogen and oxygen atoms in total. The molecule has 4 atom stereocenters. The van der Waals surface area contributed by atoms with Crippen LogP contribution in [0.25, 0.3) is 0 Å². The molecule has 1 aliphatic heterocycles. The maximum Gasteiger partial charge on any atom is 0.311 e. The SMILES string of the molecule is C[C@@H]1C(=O)[C@H]([C@@H](CO[Si](C)(C)C(C)(C)C)O[Si](C)(C)C(C)(C)C)O[C@H]1CCOC(=O)C(C)(C)C. The molecule has 1 fully saturated rings. The van der Waals surface area contributed by atoms with Crippen LogP contribution in [0.2, 0.25) is 36.3 Å². The van der Waals surface area contributed by atoms with Gasteiger partial charge in [-0.1, -0.05) is 48.5 Å². The number of Topliss-reactive ketones (excluding diaryl/α,β-unsaturated/α-hetero) is 1. The van der Waals surface area contributed by atoms with Gasteiger partial charge in [-0.2, -0.15) is 0 Å². The zero-order valence-electron chi connectivity index (χ0n) is 24.4. The summed E-state index contributed by atoms with van der Waals surface area (Å²) >= 11 is 0. The van der Waals surface area contributed by atoms with Gasteiger partial charge in [0, 0.05) is 12.3 Å². The van der Waals surface area contributed by atoms with Crippen LogP contribution in [0.5, 0.6) is 0 Å². The number of esters is 1. The zero-order chi connectivity index (χ0) is 26.9. The van der Waals surface area contributed by atoms with Gasteiger partial charge in [-0.25, -0.2) is 0 Å². The fourth-order valence-corrected chi connectivity index (χ4v) is 5.45.